The summed E-state index contributed by atoms with van der Waals surface area (Å²) in [5, 5.41) is 4.70. The van der Waals surface area contributed by atoms with Crippen LogP contribution in [0, 0.1) is 0 Å². The molecule has 1 aliphatic rings. The number of carbonyl (C=O) groups excluding carboxylic acids is 1. The second-order valence-electron chi connectivity index (χ2n) is 5.08. The summed E-state index contributed by atoms with van der Waals surface area (Å²) in [6.07, 6.45) is 4.59. The third-order valence-electron chi connectivity index (χ3n) is 3.61. The van der Waals surface area contributed by atoms with Crippen molar-refractivity contribution in [2.75, 3.05) is 11.1 Å². The van der Waals surface area contributed by atoms with Crippen molar-refractivity contribution in [3.8, 4) is 0 Å². The van der Waals surface area contributed by atoms with Gasteiger partial charge in [-0.3, -0.25) is 4.79 Å². The van der Waals surface area contributed by atoms with E-state index in [0.717, 1.165) is 28.4 Å². The summed E-state index contributed by atoms with van der Waals surface area (Å²) < 4.78 is 0. The SMILES string of the molecule is CCC(CC)Nc1sc(C(C)=O)c(N)c1C1CC1. The summed E-state index contributed by atoms with van der Waals surface area (Å²) in [6, 6.07) is 0.473. The molecule has 18 heavy (non-hydrogen) atoms. The van der Waals surface area contributed by atoms with E-state index < -0.39 is 0 Å². The third kappa shape index (κ3) is 2.53. The van der Waals surface area contributed by atoms with Crippen LogP contribution in [0.25, 0.3) is 0 Å². The lowest BCUT2D eigenvalue weighted by Gasteiger charge is -2.16. The van der Waals surface area contributed by atoms with Gasteiger partial charge >= 0.3 is 0 Å². The number of hydrogen-bond acceptors (Lipinski definition) is 4. The molecule has 0 atom stereocenters. The number of ketones is 1. The molecule has 1 heterocycles. The lowest BCUT2D eigenvalue weighted by Crippen LogP contribution is -2.16. The molecule has 0 radical (unpaired) electrons. The molecule has 1 saturated carbocycles. The summed E-state index contributed by atoms with van der Waals surface area (Å²) in [5.41, 5.74) is 8.09. The monoisotopic (exact) mass is 266 g/mol. The van der Waals surface area contributed by atoms with Crippen molar-refractivity contribution in [2.24, 2.45) is 0 Å². The summed E-state index contributed by atoms with van der Waals surface area (Å²) >= 11 is 1.54. The molecule has 3 N–H and O–H groups in total. The number of nitrogens with one attached hydrogen (secondary N) is 1. The molecule has 1 aromatic rings. The molecule has 0 bridgehead atoms. The predicted molar refractivity (Wildman–Crippen MR) is 78.7 cm³/mol. The molecule has 0 spiro atoms. The quantitative estimate of drug-likeness (QED) is 0.765. The van der Waals surface area contributed by atoms with Gasteiger partial charge < -0.3 is 11.1 Å². The van der Waals surface area contributed by atoms with E-state index in [9.17, 15) is 4.79 Å². The van der Waals surface area contributed by atoms with E-state index in [-0.39, 0.29) is 5.78 Å². The Labute approximate surface area is 113 Å². The van der Waals surface area contributed by atoms with Crippen LogP contribution in [0.5, 0.6) is 0 Å². The lowest BCUT2D eigenvalue weighted by molar-refractivity contribution is 0.102. The van der Waals surface area contributed by atoms with Crippen molar-refractivity contribution in [3.63, 3.8) is 0 Å². The topological polar surface area (TPSA) is 55.1 Å². The molecular formula is C14H22N2OS. The Bertz CT molecular complexity index is 445. The van der Waals surface area contributed by atoms with Crippen molar-refractivity contribution in [2.45, 2.75) is 58.4 Å². The molecular weight excluding hydrogens is 244 g/mol. The molecule has 0 aliphatic heterocycles. The molecule has 2 rings (SSSR count). The van der Waals surface area contributed by atoms with E-state index in [2.05, 4.69) is 19.2 Å². The first-order valence-corrected chi connectivity index (χ1v) is 7.59. The molecule has 0 unspecified atom stereocenters. The van der Waals surface area contributed by atoms with E-state index in [4.69, 9.17) is 5.73 Å². The van der Waals surface area contributed by atoms with Gasteiger partial charge in [-0.1, -0.05) is 13.8 Å². The zero-order chi connectivity index (χ0) is 13.3. The van der Waals surface area contributed by atoms with Crippen LogP contribution >= 0.6 is 11.3 Å². The predicted octanol–water partition coefficient (Wildman–Crippen LogP) is 4.01. The van der Waals surface area contributed by atoms with Gasteiger partial charge in [0.05, 0.1) is 15.6 Å². The fourth-order valence-electron chi connectivity index (χ4n) is 2.28. The van der Waals surface area contributed by atoms with Gasteiger partial charge in [0, 0.05) is 18.5 Å². The minimum Gasteiger partial charge on any atom is -0.397 e. The number of nitrogen functional groups attached to an aromatic ring is 1. The normalized spacial score (nSPS) is 15.1. The molecule has 0 aromatic carbocycles. The number of Topliss-reactive ketones (excluding diaryl/α,β-unsaturated/α-hetero) is 1. The van der Waals surface area contributed by atoms with Crippen molar-refractivity contribution in [1.29, 1.82) is 0 Å². The fourth-order valence-corrected chi connectivity index (χ4v) is 3.46. The van der Waals surface area contributed by atoms with Crippen molar-refractivity contribution in [1.82, 2.24) is 0 Å². The molecule has 1 aliphatic carbocycles. The highest BCUT2D eigenvalue weighted by Gasteiger charge is 2.32. The van der Waals surface area contributed by atoms with Crippen LogP contribution in [0.15, 0.2) is 0 Å². The highest BCUT2D eigenvalue weighted by atomic mass is 32.1. The maximum Gasteiger partial charge on any atom is 0.171 e. The first-order valence-electron chi connectivity index (χ1n) is 6.78. The van der Waals surface area contributed by atoms with Crippen LogP contribution < -0.4 is 11.1 Å². The second kappa shape index (κ2) is 5.31. The van der Waals surface area contributed by atoms with Gasteiger partial charge in [-0.05, 0) is 31.6 Å². The van der Waals surface area contributed by atoms with Gasteiger partial charge in [0.15, 0.2) is 5.78 Å². The Kier molecular flexibility index (Phi) is 3.95. The Balaban J connectivity index is 2.33. The molecule has 1 aromatic heterocycles. The summed E-state index contributed by atoms with van der Waals surface area (Å²) in [7, 11) is 0. The van der Waals surface area contributed by atoms with Crippen LogP contribution in [0.4, 0.5) is 10.7 Å². The molecule has 0 amide bonds. The van der Waals surface area contributed by atoms with Crippen molar-refractivity contribution in [3.05, 3.63) is 10.4 Å². The van der Waals surface area contributed by atoms with E-state index >= 15 is 0 Å². The first-order chi connectivity index (χ1) is 8.58. The number of nitrogens with two attached hydrogens (primary N) is 1. The molecule has 100 valence electrons. The number of anilines is 2. The highest BCUT2D eigenvalue weighted by Crippen LogP contribution is 2.51. The smallest absolute Gasteiger partial charge is 0.171 e. The maximum absolute atomic E-state index is 11.6. The third-order valence-corrected chi connectivity index (χ3v) is 4.86. The van der Waals surface area contributed by atoms with Crippen LogP contribution in [-0.4, -0.2) is 11.8 Å². The average Bonchev–Trinajstić information content (AvgIpc) is 3.11. The van der Waals surface area contributed by atoms with Crippen LogP contribution in [0.3, 0.4) is 0 Å². The Hall–Kier alpha value is -1.03. The van der Waals surface area contributed by atoms with Gasteiger partial charge in [0.25, 0.3) is 0 Å². The van der Waals surface area contributed by atoms with Crippen LogP contribution in [0.1, 0.15) is 67.6 Å². The minimum absolute atomic E-state index is 0.0806. The first kappa shape index (κ1) is 13.4. The standard InChI is InChI=1S/C14H22N2OS/c1-4-10(5-2)16-14-11(9-6-7-9)12(15)13(18-14)8(3)17/h9-10,16H,4-7,15H2,1-3H3. The number of hydrogen-bond donors (Lipinski definition) is 2. The van der Waals surface area contributed by atoms with E-state index in [1.807, 2.05) is 0 Å². The number of rotatable bonds is 6. The summed E-state index contributed by atoms with van der Waals surface area (Å²) in [6.45, 7) is 5.96. The van der Waals surface area contributed by atoms with E-state index in [0.29, 0.717) is 12.0 Å². The Morgan fingerprint density at radius 2 is 2.06 bits per heavy atom. The van der Waals surface area contributed by atoms with Gasteiger partial charge in [-0.25, -0.2) is 0 Å². The van der Waals surface area contributed by atoms with Crippen molar-refractivity contribution < 1.29 is 4.79 Å². The van der Waals surface area contributed by atoms with Crippen molar-refractivity contribution >= 4 is 27.8 Å². The van der Waals surface area contributed by atoms with Gasteiger partial charge in [0.1, 0.15) is 0 Å². The summed E-state index contributed by atoms with van der Waals surface area (Å²) in [5.74, 6) is 0.656. The van der Waals surface area contributed by atoms with E-state index in [1.165, 1.54) is 29.7 Å². The van der Waals surface area contributed by atoms with E-state index in [1.54, 1.807) is 6.92 Å². The van der Waals surface area contributed by atoms with Crippen LogP contribution in [-0.2, 0) is 0 Å². The zero-order valence-corrected chi connectivity index (χ0v) is 12.2. The molecule has 1 fully saturated rings. The summed E-state index contributed by atoms with van der Waals surface area (Å²) in [4.78, 5) is 12.3. The van der Waals surface area contributed by atoms with Gasteiger partial charge in [-0.15, -0.1) is 11.3 Å². The second-order valence-corrected chi connectivity index (χ2v) is 6.10. The molecule has 0 saturated heterocycles. The highest BCUT2D eigenvalue weighted by molar-refractivity contribution is 7.18. The largest absolute Gasteiger partial charge is 0.397 e. The number of carbonyl (C=O) groups is 1. The Morgan fingerprint density at radius 1 is 1.44 bits per heavy atom. The fraction of sp³-hybridized carbons (Fsp3) is 0.643. The lowest BCUT2D eigenvalue weighted by atomic mass is 10.1. The number of thiophene rings is 1. The zero-order valence-electron chi connectivity index (χ0n) is 11.4. The van der Waals surface area contributed by atoms with Gasteiger partial charge in [0.2, 0.25) is 0 Å². The van der Waals surface area contributed by atoms with Gasteiger partial charge in [-0.2, -0.15) is 0 Å². The average molecular weight is 266 g/mol. The maximum atomic E-state index is 11.6. The van der Waals surface area contributed by atoms with Crippen LogP contribution in [0.2, 0.25) is 0 Å². The molecule has 3 nitrogen and oxygen atoms in total. The Morgan fingerprint density at radius 3 is 2.50 bits per heavy atom. The molecule has 4 heteroatoms. The minimum atomic E-state index is 0.0806.